The second kappa shape index (κ2) is 10.8. The minimum atomic E-state index is -0.512. The maximum Gasteiger partial charge on any atom is 0.131 e. The number of aromatic nitrogens is 3. The average molecular weight is 653 g/mol. The summed E-state index contributed by atoms with van der Waals surface area (Å²) in [6, 6.07) is 60.5. The van der Waals surface area contributed by atoms with Gasteiger partial charge in [0.25, 0.3) is 0 Å². The van der Waals surface area contributed by atoms with Crippen LogP contribution in [0.1, 0.15) is 11.9 Å². The summed E-state index contributed by atoms with van der Waals surface area (Å²) < 4.78 is 6.94. The van der Waals surface area contributed by atoms with Gasteiger partial charge >= 0.3 is 0 Å². The number of para-hydroxylation sites is 6. The summed E-state index contributed by atoms with van der Waals surface area (Å²) in [6.45, 7) is 0. The fourth-order valence-corrected chi connectivity index (χ4v) is 8.22. The predicted octanol–water partition coefficient (Wildman–Crippen LogP) is 11.8. The lowest BCUT2D eigenvalue weighted by atomic mass is 10.1. The fraction of sp³-hybridized carbons (Fsp3) is 0.0217. The number of fused-ring (bicyclic) bond motifs is 9. The summed E-state index contributed by atoms with van der Waals surface area (Å²) >= 11 is 0. The molecule has 1 aliphatic heterocycles. The zero-order chi connectivity index (χ0) is 33.5. The molecule has 1 unspecified atom stereocenters. The third-order valence-corrected chi connectivity index (χ3v) is 10.4. The van der Waals surface area contributed by atoms with Crippen LogP contribution in [0.4, 0.5) is 0 Å². The van der Waals surface area contributed by atoms with Crippen molar-refractivity contribution in [1.82, 2.24) is 13.7 Å². The number of benzene rings is 7. The molecule has 0 spiro atoms. The van der Waals surface area contributed by atoms with E-state index >= 15 is 0 Å². The van der Waals surface area contributed by atoms with Gasteiger partial charge in [0.2, 0.25) is 0 Å². The molecule has 0 fully saturated rings. The molecule has 0 N–H and O–H groups in total. The minimum absolute atomic E-state index is 0.512. The molecule has 51 heavy (non-hydrogen) atoms. The highest BCUT2D eigenvalue weighted by Crippen LogP contribution is 2.41. The van der Waals surface area contributed by atoms with Crippen LogP contribution >= 0.6 is 0 Å². The SMILES string of the molecule is C1=C(c2ccc(-n3c4ccccc4c4ccccc43)cc2)[N-]C(n2c3ccccc3c3ccccc32)N=C1n1c2ccccc2c2ccccc21. The third kappa shape index (κ3) is 4.12. The smallest absolute Gasteiger partial charge is 0.131 e. The van der Waals surface area contributed by atoms with Crippen molar-refractivity contribution in [2.75, 3.05) is 0 Å². The third-order valence-electron chi connectivity index (χ3n) is 10.4. The molecule has 7 aromatic carbocycles. The zero-order valence-corrected chi connectivity index (χ0v) is 27.6. The Morgan fingerprint density at radius 3 is 1.22 bits per heavy atom. The molecule has 1 atom stereocenters. The first-order valence-electron chi connectivity index (χ1n) is 17.4. The molecule has 0 aliphatic carbocycles. The van der Waals surface area contributed by atoms with Crippen molar-refractivity contribution in [1.29, 1.82) is 0 Å². The van der Waals surface area contributed by atoms with Gasteiger partial charge < -0.3 is 14.5 Å². The minimum Gasteiger partial charge on any atom is -0.645 e. The van der Waals surface area contributed by atoms with Crippen LogP contribution < -0.4 is 0 Å². The highest BCUT2D eigenvalue weighted by molar-refractivity contribution is 6.18. The maximum absolute atomic E-state index is 5.46. The van der Waals surface area contributed by atoms with Crippen molar-refractivity contribution in [3.05, 3.63) is 187 Å². The van der Waals surface area contributed by atoms with Crippen LogP contribution in [-0.2, 0) is 0 Å². The number of allylic oxidation sites excluding steroid dienone is 1. The number of hydrogen-bond donors (Lipinski definition) is 0. The second-order valence-electron chi connectivity index (χ2n) is 13.2. The summed E-state index contributed by atoms with van der Waals surface area (Å²) in [7, 11) is 0. The van der Waals surface area contributed by atoms with E-state index < -0.39 is 6.29 Å². The van der Waals surface area contributed by atoms with Gasteiger partial charge in [0.1, 0.15) is 5.84 Å². The second-order valence-corrected chi connectivity index (χ2v) is 13.2. The van der Waals surface area contributed by atoms with E-state index in [4.69, 9.17) is 10.3 Å². The molecular formula is C46H30N5-. The number of hydrogen-bond acceptors (Lipinski definition) is 1. The van der Waals surface area contributed by atoms with Crippen molar-refractivity contribution in [2.45, 2.75) is 6.29 Å². The standard InChI is InChI=1S/C46H30N5/c1-7-19-39-32(13-1)33-14-2-8-20-40(33)49(39)31-27-25-30(26-28-31)38-29-45(50-41-21-9-3-15-34(41)35-16-4-10-22-42(35)50)48-46(47-38)51-43-23-11-5-17-36(43)37-18-6-12-24-44(37)51/h1-29,46H/q-1. The van der Waals surface area contributed by atoms with Crippen molar-refractivity contribution >= 4 is 77.0 Å². The molecule has 0 saturated heterocycles. The maximum atomic E-state index is 5.46. The molecule has 3 aromatic heterocycles. The van der Waals surface area contributed by atoms with Gasteiger partial charge in [-0.2, -0.15) is 0 Å². The normalized spacial score (nSPS) is 14.9. The lowest BCUT2D eigenvalue weighted by molar-refractivity contribution is 0.655. The molecule has 0 bridgehead atoms. The van der Waals surface area contributed by atoms with E-state index in [0.29, 0.717) is 0 Å². The highest BCUT2D eigenvalue weighted by atomic mass is 15.3. The lowest BCUT2D eigenvalue weighted by Crippen LogP contribution is -2.18. The molecule has 11 rings (SSSR count). The van der Waals surface area contributed by atoms with Gasteiger partial charge in [0, 0.05) is 49.0 Å². The van der Waals surface area contributed by atoms with Crippen LogP contribution in [0.3, 0.4) is 0 Å². The van der Waals surface area contributed by atoms with E-state index in [0.717, 1.165) is 44.9 Å². The summed E-state index contributed by atoms with van der Waals surface area (Å²) in [6.07, 6.45) is 1.64. The number of aliphatic imine (C=N–C) groups is 1. The molecular weight excluding hydrogens is 623 g/mol. The largest absolute Gasteiger partial charge is 0.645 e. The predicted molar refractivity (Wildman–Crippen MR) is 213 cm³/mol. The van der Waals surface area contributed by atoms with Gasteiger partial charge in [-0.15, -0.1) is 5.70 Å². The van der Waals surface area contributed by atoms with Crippen LogP contribution in [0.5, 0.6) is 0 Å². The summed E-state index contributed by atoms with van der Waals surface area (Å²) in [4.78, 5) is 5.46. The Hall–Kier alpha value is -6.85. The number of nitrogens with zero attached hydrogens (tertiary/aromatic N) is 5. The van der Waals surface area contributed by atoms with E-state index in [2.05, 4.69) is 190 Å². The topological polar surface area (TPSA) is 41.2 Å². The first-order valence-corrected chi connectivity index (χ1v) is 17.4. The van der Waals surface area contributed by atoms with Crippen LogP contribution in [0.25, 0.3) is 82.1 Å². The lowest BCUT2D eigenvalue weighted by Gasteiger charge is -2.39. The Balaban J connectivity index is 1.12. The Labute approximate surface area is 293 Å². The first-order chi connectivity index (χ1) is 25.3. The molecule has 4 heterocycles. The van der Waals surface area contributed by atoms with E-state index in [9.17, 15) is 0 Å². The van der Waals surface area contributed by atoms with Gasteiger partial charge in [-0.05, 0) is 60.2 Å². The first kappa shape index (κ1) is 28.0. The van der Waals surface area contributed by atoms with E-state index in [1.165, 1.54) is 43.4 Å². The van der Waals surface area contributed by atoms with Crippen molar-refractivity contribution in [3.8, 4) is 5.69 Å². The monoisotopic (exact) mass is 652 g/mol. The van der Waals surface area contributed by atoms with Crippen LogP contribution in [0, 0.1) is 0 Å². The Morgan fingerprint density at radius 1 is 0.392 bits per heavy atom. The molecule has 5 heteroatoms. The van der Waals surface area contributed by atoms with Gasteiger partial charge in [-0.1, -0.05) is 121 Å². The van der Waals surface area contributed by atoms with Crippen molar-refractivity contribution in [2.24, 2.45) is 4.99 Å². The molecule has 10 aromatic rings. The van der Waals surface area contributed by atoms with Crippen LogP contribution in [0.2, 0.25) is 0 Å². The van der Waals surface area contributed by atoms with Crippen molar-refractivity contribution in [3.63, 3.8) is 0 Å². The molecule has 0 radical (unpaired) electrons. The van der Waals surface area contributed by atoms with Gasteiger partial charge in [0.05, 0.1) is 28.4 Å². The highest BCUT2D eigenvalue weighted by Gasteiger charge is 2.20. The molecule has 1 aliphatic rings. The Kier molecular flexibility index (Phi) is 5.95. The quantitative estimate of drug-likeness (QED) is 0.182. The van der Waals surface area contributed by atoms with Gasteiger partial charge in [0.15, 0.2) is 0 Å². The van der Waals surface area contributed by atoms with Gasteiger partial charge in [-0.25, -0.2) is 0 Å². The molecule has 0 amide bonds. The van der Waals surface area contributed by atoms with Crippen LogP contribution in [-0.4, -0.2) is 19.5 Å². The summed E-state index contributed by atoms with van der Waals surface area (Å²) in [5.41, 5.74) is 9.90. The van der Waals surface area contributed by atoms with E-state index in [1.54, 1.807) is 0 Å². The van der Waals surface area contributed by atoms with Crippen LogP contribution in [0.15, 0.2) is 181 Å². The Morgan fingerprint density at radius 2 is 0.765 bits per heavy atom. The van der Waals surface area contributed by atoms with Gasteiger partial charge in [-0.3, -0.25) is 9.56 Å². The van der Waals surface area contributed by atoms with Crippen molar-refractivity contribution < 1.29 is 0 Å². The molecule has 5 nitrogen and oxygen atoms in total. The van der Waals surface area contributed by atoms with E-state index in [-0.39, 0.29) is 0 Å². The molecule has 240 valence electrons. The number of rotatable bonds is 3. The summed E-state index contributed by atoms with van der Waals surface area (Å²) in [5, 5.41) is 12.7. The molecule has 0 saturated carbocycles. The summed E-state index contributed by atoms with van der Waals surface area (Å²) in [5.74, 6) is 0.857. The average Bonchev–Trinajstić information content (AvgIpc) is 3.84. The van der Waals surface area contributed by atoms with E-state index in [1.807, 2.05) is 0 Å². The Bertz CT molecular complexity index is 2900. The fourth-order valence-electron chi connectivity index (χ4n) is 8.22. The zero-order valence-electron chi connectivity index (χ0n) is 27.6.